The van der Waals surface area contributed by atoms with E-state index >= 15 is 0 Å². The molecule has 0 bridgehead atoms. The summed E-state index contributed by atoms with van der Waals surface area (Å²) < 4.78 is 0. The molecule has 1 amide bonds. The van der Waals surface area contributed by atoms with E-state index in [0.29, 0.717) is 12.3 Å². The van der Waals surface area contributed by atoms with Crippen LogP contribution < -0.4 is 0 Å². The van der Waals surface area contributed by atoms with Gasteiger partial charge in [0.15, 0.2) is 0 Å². The second kappa shape index (κ2) is 7.12. The van der Waals surface area contributed by atoms with Crippen molar-refractivity contribution in [2.75, 3.05) is 13.1 Å². The molecular formula is C17H29NO. The molecule has 1 aliphatic carbocycles. The standard InChI is InChI=1S/C17H29NO/c1-14(2)16-9-6-11-18(12-10-16)17(19)13-15-7-4-3-5-8-15/h7,14,16H,3-6,8-13H2,1-2H3. The van der Waals surface area contributed by atoms with Crippen LogP contribution in [0.3, 0.4) is 0 Å². The van der Waals surface area contributed by atoms with E-state index < -0.39 is 0 Å². The van der Waals surface area contributed by atoms with E-state index in [4.69, 9.17) is 0 Å². The van der Waals surface area contributed by atoms with Gasteiger partial charge in [0.1, 0.15) is 0 Å². The van der Waals surface area contributed by atoms with E-state index in [9.17, 15) is 4.79 Å². The molecular weight excluding hydrogens is 234 g/mol. The Balaban J connectivity index is 1.84. The summed E-state index contributed by atoms with van der Waals surface area (Å²) in [5.41, 5.74) is 1.39. The quantitative estimate of drug-likeness (QED) is 0.700. The van der Waals surface area contributed by atoms with Crippen molar-refractivity contribution >= 4 is 5.91 Å². The first-order valence-corrected chi connectivity index (χ1v) is 8.12. The average Bonchev–Trinajstić information content (AvgIpc) is 2.65. The van der Waals surface area contributed by atoms with Crippen LogP contribution in [0.4, 0.5) is 0 Å². The third-order valence-corrected chi connectivity index (χ3v) is 4.83. The lowest BCUT2D eigenvalue weighted by atomic mass is 9.89. The highest BCUT2D eigenvalue weighted by molar-refractivity contribution is 5.78. The van der Waals surface area contributed by atoms with E-state index in [1.54, 1.807) is 0 Å². The fourth-order valence-corrected chi connectivity index (χ4v) is 3.41. The molecule has 1 fully saturated rings. The average molecular weight is 263 g/mol. The summed E-state index contributed by atoms with van der Waals surface area (Å²) in [7, 11) is 0. The van der Waals surface area contributed by atoms with Crippen molar-refractivity contribution in [3.63, 3.8) is 0 Å². The molecule has 0 saturated carbocycles. The van der Waals surface area contributed by atoms with Gasteiger partial charge in [-0.3, -0.25) is 4.79 Å². The lowest BCUT2D eigenvalue weighted by molar-refractivity contribution is -0.130. The van der Waals surface area contributed by atoms with Gasteiger partial charge < -0.3 is 4.90 Å². The first-order chi connectivity index (χ1) is 9.16. The van der Waals surface area contributed by atoms with E-state index in [1.165, 1.54) is 44.1 Å². The second-order valence-corrected chi connectivity index (χ2v) is 6.60. The molecule has 1 aliphatic heterocycles. The van der Waals surface area contributed by atoms with Crippen molar-refractivity contribution < 1.29 is 4.79 Å². The topological polar surface area (TPSA) is 20.3 Å². The minimum atomic E-state index is 0.373. The highest BCUT2D eigenvalue weighted by Crippen LogP contribution is 2.26. The van der Waals surface area contributed by atoms with Crippen molar-refractivity contribution in [2.24, 2.45) is 11.8 Å². The van der Waals surface area contributed by atoms with E-state index in [-0.39, 0.29) is 0 Å². The van der Waals surface area contributed by atoms with Crippen molar-refractivity contribution in [3.05, 3.63) is 11.6 Å². The Kier molecular flexibility index (Phi) is 5.47. The molecule has 2 aliphatic rings. The third kappa shape index (κ3) is 4.36. The van der Waals surface area contributed by atoms with Gasteiger partial charge in [-0.25, -0.2) is 0 Å². The summed E-state index contributed by atoms with van der Waals surface area (Å²) in [6.07, 6.45) is 11.6. The molecule has 1 saturated heterocycles. The zero-order valence-electron chi connectivity index (χ0n) is 12.7. The molecule has 1 atom stereocenters. The van der Waals surface area contributed by atoms with Crippen LogP contribution in [-0.4, -0.2) is 23.9 Å². The number of likely N-dealkylation sites (tertiary alicyclic amines) is 1. The molecule has 19 heavy (non-hydrogen) atoms. The Morgan fingerprint density at radius 3 is 2.79 bits per heavy atom. The van der Waals surface area contributed by atoms with Gasteiger partial charge in [0.25, 0.3) is 0 Å². The van der Waals surface area contributed by atoms with Crippen molar-refractivity contribution in [2.45, 2.75) is 65.2 Å². The Hall–Kier alpha value is -0.790. The maximum Gasteiger partial charge on any atom is 0.226 e. The minimum absolute atomic E-state index is 0.373. The molecule has 108 valence electrons. The van der Waals surface area contributed by atoms with E-state index in [0.717, 1.165) is 31.3 Å². The first-order valence-electron chi connectivity index (χ1n) is 8.12. The lowest BCUT2D eigenvalue weighted by Crippen LogP contribution is -2.32. The number of carbonyl (C=O) groups is 1. The maximum absolute atomic E-state index is 12.4. The smallest absolute Gasteiger partial charge is 0.226 e. The number of hydrogen-bond donors (Lipinski definition) is 0. The van der Waals surface area contributed by atoms with Crippen molar-refractivity contribution in [1.82, 2.24) is 4.90 Å². The number of carbonyl (C=O) groups excluding carboxylic acids is 1. The lowest BCUT2D eigenvalue weighted by Gasteiger charge is -2.23. The molecule has 0 aromatic carbocycles. The fourth-order valence-electron chi connectivity index (χ4n) is 3.41. The van der Waals surface area contributed by atoms with Crippen LogP contribution in [0.25, 0.3) is 0 Å². The van der Waals surface area contributed by atoms with Crippen molar-refractivity contribution in [1.29, 1.82) is 0 Å². The molecule has 0 aromatic rings. The minimum Gasteiger partial charge on any atom is -0.342 e. The van der Waals surface area contributed by atoms with Gasteiger partial charge in [-0.1, -0.05) is 25.5 Å². The van der Waals surface area contributed by atoms with Gasteiger partial charge >= 0.3 is 0 Å². The fraction of sp³-hybridized carbons (Fsp3) is 0.824. The van der Waals surface area contributed by atoms with Gasteiger partial charge in [-0.2, -0.15) is 0 Å². The monoisotopic (exact) mass is 263 g/mol. The molecule has 0 spiro atoms. The first kappa shape index (κ1) is 14.6. The van der Waals surface area contributed by atoms with Gasteiger partial charge in [0.05, 0.1) is 0 Å². The molecule has 2 heteroatoms. The zero-order valence-corrected chi connectivity index (χ0v) is 12.7. The Bertz CT molecular complexity index is 332. The predicted molar refractivity (Wildman–Crippen MR) is 79.9 cm³/mol. The zero-order chi connectivity index (χ0) is 13.7. The van der Waals surface area contributed by atoms with Crippen LogP contribution in [0.15, 0.2) is 11.6 Å². The predicted octanol–water partition coefficient (Wildman–Crippen LogP) is 4.16. The summed E-state index contributed by atoms with van der Waals surface area (Å²) in [5.74, 6) is 1.94. The molecule has 1 unspecified atom stereocenters. The summed E-state index contributed by atoms with van der Waals surface area (Å²) in [6.45, 7) is 6.59. The number of amides is 1. The van der Waals surface area contributed by atoms with Crippen LogP contribution in [-0.2, 0) is 4.79 Å². The van der Waals surface area contributed by atoms with Gasteiger partial charge in [-0.15, -0.1) is 0 Å². The molecule has 1 heterocycles. The number of allylic oxidation sites excluding steroid dienone is 1. The van der Waals surface area contributed by atoms with Gasteiger partial charge in [0.2, 0.25) is 5.91 Å². The molecule has 2 rings (SSSR count). The molecule has 2 nitrogen and oxygen atoms in total. The molecule has 0 radical (unpaired) electrons. The normalized spacial score (nSPS) is 25.1. The Labute approximate surface area is 118 Å². The number of nitrogens with zero attached hydrogens (tertiary/aromatic N) is 1. The number of rotatable bonds is 3. The summed E-state index contributed by atoms with van der Waals surface area (Å²) in [4.78, 5) is 14.5. The van der Waals surface area contributed by atoms with Crippen molar-refractivity contribution in [3.8, 4) is 0 Å². The summed E-state index contributed by atoms with van der Waals surface area (Å²) in [6, 6.07) is 0. The van der Waals surface area contributed by atoms with Crippen LogP contribution >= 0.6 is 0 Å². The maximum atomic E-state index is 12.4. The van der Waals surface area contributed by atoms with Gasteiger partial charge in [-0.05, 0) is 56.8 Å². The van der Waals surface area contributed by atoms with Crippen LogP contribution in [0.1, 0.15) is 65.2 Å². The second-order valence-electron chi connectivity index (χ2n) is 6.60. The number of hydrogen-bond acceptors (Lipinski definition) is 1. The Morgan fingerprint density at radius 1 is 1.26 bits per heavy atom. The van der Waals surface area contributed by atoms with E-state index in [1.807, 2.05) is 0 Å². The summed E-state index contributed by atoms with van der Waals surface area (Å²) in [5, 5.41) is 0. The van der Waals surface area contributed by atoms with E-state index in [2.05, 4.69) is 24.8 Å². The third-order valence-electron chi connectivity index (χ3n) is 4.83. The molecule has 0 N–H and O–H groups in total. The van der Waals surface area contributed by atoms with Crippen LogP contribution in [0.5, 0.6) is 0 Å². The molecule has 0 aromatic heterocycles. The van der Waals surface area contributed by atoms with Crippen LogP contribution in [0, 0.1) is 11.8 Å². The largest absolute Gasteiger partial charge is 0.342 e. The summed E-state index contributed by atoms with van der Waals surface area (Å²) >= 11 is 0. The van der Waals surface area contributed by atoms with Crippen LogP contribution in [0.2, 0.25) is 0 Å². The van der Waals surface area contributed by atoms with Gasteiger partial charge in [0, 0.05) is 19.5 Å². The SMILES string of the molecule is CC(C)C1CCCN(C(=O)CC2=CCCCC2)CC1. The Morgan fingerprint density at radius 2 is 2.11 bits per heavy atom. The highest BCUT2D eigenvalue weighted by Gasteiger charge is 2.22. The highest BCUT2D eigenvalue weighted by atomic mass is 16.2.